The van der Waals surface area contributed by atoms with Crippen molar-refractivity contribution < 1.29 is 19.4 Å². The summed E-state index contributed by atoms with van der Waals surface area (Å²) in [5, 5.41) is 12.3. The molecule has 2 N–H and O–H groups in total. The van der Waals surface area contributed by atoms with Gasteiger partial charge in [0.05, 0.1) is 24.4 Å². The lowest BCUT2D eigenvalue weighted by Crippen LogP contribution is -2.37. The van der Waals surface area contributed by atoms with E-state index in [1.54, 1.807) is 12.1 Å². The van der Waals surface area contributed by atoms with E-state index in [-0.39, 0.29) is 18.2 Å². The monoisotopic (exact) mass is 303 g/mol. The third-order valence-electron chi connectivity index (χ3n) is 2.16. The van der Waals surface area contributed by atoms with Gasteiger partial charge in [0.2, 0.25) is 5.91 Å². The van der Waals surface area contributed by atoms with Crippen molar-refractivity contribution in [3.63, 3.8) is 0 Å². The van der Waals surface area contributed by atoms with Crippen molar-refractivity contribution in [3.8, 4) is 0 Å². The zero-order chi connectivity index (χ0) is 14.3. The standard InChI is InChI=1S/C12H14ClNO4S/c1-18-12(17)9(15)6-14-11(16)7-19-10-5-3-2-4-8(10)13/h2-5,9,15H,6-7H2,1H3,(H,14,16). The summed E-state index contributed by atoms with van der Waals surface area (Å²) in [4.78, 5) is 23.2. The number of carbonyl (C=O) groups is 2. The maximum Gasteiger partial charge on any atom is 0.336 e. The van der Waals surface area contributed by atoms with Gasteiger partial charge < -0.3 is 15.2 Å². The molecule has 0 aliphatic heterocycles. The van der Waals surface area contributed by atoms with Gasteiger partial charge in [0.1, 0.15) is 0 Å². The zero-order valence-electron chi connectivity index (χ0n) is 10.3. The van der Waals surface area contributed by atoms with Crippen LogP contribution in [0.1, 0.15) is 0 Å². The smallest absolute Gasteiger partial charge is 0.336 e. The summed E-state index contributed by atoms with van der Waals surface area (Å²) in [5.41, 5.74) is 0. The molecular formula is C12H14ClNO4S. The molecule has 19 heavy (non-hydrogen) atoms. The van der Waals surface area contributed by atoms with Gasteiger partial charge >= 0.3 is 5.97 Å². The molecule has 5 nitrogen and oxygen atoms in total. The minimum atomic E-state index is -1.35. The molecular weight excluding hydrogens is 290 g/mol. The topological polar surface area (TPSA) is 75.6 Å². The number of nitrogens with one attached hydrogen (secondary N) is 1. The molecule has 0 aromatic heterocycles. The van der Waals surface area contributed by atoms with Crippen LogP contribution in [0.25, 0.3) is 0 Å². The first-order valence-electron chi connectivity index (χ1n) is 5.44. The predicted octanol–water partition coefficient (Wildman–Crippen LogP) is 1.08. The third kappa shape index (κ3) is 5.50. The minimum Gasteiger partial charge on any atom is -0.467 e. The number of aliphatic hydroxyl groups is 1. The first-order valence-corrected chi connectivity index (χ1v) is 6.81. The molecule has 0 bridgehead atoms. The van der Waals surface area contributed by atoms with Gasteiger partial charge in [0.15, 0.2) is 6.10 Å². The van der Waals surface area contributed by atoms with Crippen molar-refractivity contribution in [1.29, 1.82) is 0 Å². The number of thioether (sulfide) groups is 1. The van der Waals surface area contributed by atoms with E-state index in [1.807, 2.05) is 12.1 Å². The first-order chi connectivity index (χ1) is 9.04. The summed E-state index contributed by atoms with van der Waals surface area (Å²) in [6.45, 7) is -0.172. The molecule has 0 spiro atoms. The number of rotatable bonds is 6. The minimum absolute atomic E-state index is 0.150. The molecule has 0 saturated heterocycles. The molecule has 0 saturated carbocycles. The number of halogens is 1. The van der Waals surface area contributed by atoms with Crippen LogP contribution in [0.2, 0.25) is 5.02 Å². The van der Waals surface area contributed by atoms with Gasteiger partial charge in [0, 0.05) is 4.90 Å². The predicted molar refractivity (Wildman–Crippen MR) is 73.2 cm³/mol. The lowest BCUT2D eigenvalue weighted by atomic mass is 10.3. The highest BCUT2D eigenvalue weighted by Crippen LogP contribution is 2.26. The summed E-state index contributed by atoms with van der Waals surface area (Å²) >= 11 is 7.22. The van der Waals surface area contributed by atoms with Crippen LogP contribution in [0.3, 0.4) is 0 Å². The van der Waals surface area contributed by atoms with Crippen LogP contribution >= 0.6 is 23.4 Å². The Morgan fingerprint density at radius 2 is 2.16 bits per heavy atom. The fourth-order valence-corrected chi connectivity index (χ4v) is 2.25. The van der Waals surface area contributed by atoms with Crippen LogP contribution in [0, 0.1) is 0 Å². The molecule has 1 rings (SSSR count). The summed E-state index contributed by atoms with van der Waals surface area (Å²) < 4.78 is 4.33. The van der Waals surface area contributed by atoms with E-state index in [9.17, 15) is 14.7 Å². The van der Waals surface area contributed by atoms with Crippen LogP contribution in [0.15, 0.2) is 29.2 Å². The number of benzene rings is 1. The molecule has 0 aliphatic carbocycles. The average molecular weight is 304 g/mol. The second kappa shape index (κ2) is 8.04. The molecule has 1 aromatic carbocycles. The van der Waals surface area contributed by atoms with Crippen molar-refractivity contribution in [3.05, 3.63) is 29.3 Å². The van der Waals surface area contributed by atoms with Crippen LogP contribution in [-0.2, 0) is 14.3 Å². The third-order valence-corrected chi connectivity index (χ3v) is 3.68. The Kier molecular flexibility index (Phi) is 6.69. The largest absolute Gasteiger partial charge is 0.467 e. The summed E-state index contributed by atoms with van der Waals surface area (Å²) in [6, 6.07) is 7.18. The van der Waals surface area contributed by atoms with Crippen molar-refractivity contribution in [1.82, 2.24) is 5.32 Å². The maximum absolute atomic E-state index is 11.5. The van der Waals surface area contributed by atoms with Crippen molar-refractivity contribution >= 4 is 35.2 Å². The van der Waals surface area contributed by atoms with E-state index < -0.39 is 12.1 Å². The summed E-state index contributed by atoms with van der Waals surface area (Å²) in [7, 11) is 1.17. The number of esters is 1. The molecule has 0 radical (unpaired) electrons. The van der Waals surface area contributed by atoms with Crippen molar-refractivity contribution in [2.24, 2.45) is 0 Å². The Morgan fingerprint density at radius 3 is 2.79 bits per heavy atom. The molecule has 1 atom stereocenters. The fourth-order valence-electron chi connectivity index (χ4n) is 1.19. The summed E-state index contributed by atoms with van der Waals surface area (Å²) in [5.74, 6) is -0.926. The lowest BCUT2D eigenvalue weighted by molar-refractivity contribution is -0.150. The Bertz CT molecular complexity index is 455. The van der Waals surface area contributed by atoms with E-state index in [1.165, 1.54) is 18.9 Å². The normalized spacial score (nSPS) is 11.7. The van der Waals surface area contributed by atoms with Crippen LogP contribution in [-0.4, -0.2) is 42.5 Å². The number of carbonyl (C=O) groups excluding carboxylic acids is 2. The SMILES string of the molecule is COC(=O)C(O)CNC(=O)CSc1ccccc1Cl. The van der Waals surface area contributed by atoms with Gasteiger partial charge in [-0.15, -0.1) is 11.8 Å². The second-order valence-electron chi connectivity index (χ2n) is 3.56. The molecule has 7 heteroatoms. The Balaban J connectivity index is 2.33. The van der Waals surface area contributed by atoms with Gasteiger partial charge in [-0.1, -0.05) is 23.7 Å². The van der Waals surface area contributed by atoms with Crippen LogP contribution < -0.4 is 5.32 Å². The average Bonchev–Trinajstić information content (AvgIpc) is 2.42. The highest BCUT2D eigenvalue weighted by molar-refractivity contribution is 8.00. The van der Waals surface area contributed by atoms with Gasteiger partial charge in [-0.05, 0) is 12.1 Å². The molecule has 1 amide bonds. The van der Waals surface area contributed by atoms with Crippen molar-refractivity contribution in [2.45, 2.75) is 11.0 Å². The number of amides is 1. The Morgan fingerprint density at radius 1 is 1.47 bits per heavy atom. The lowest BCUT2D eigenvalue weighted by Gasteiger charge is -2.09. The van der Waals surface area contributed by atoms with E-state index >= 15 is 0 Å². The van der Waals surface area contributed by atoms with Gasteiger partial charge in [-0.2, -0.15) is 0 Å². The number of hydrogen-bond acceptors (Lipinski definition) is 5. The quantitative estimate of drug-likeness (QED) is 0.607. The molecule has 1 aromatic rings. The number of methoxy groups -OCH3 is 1. The number of ether oxygens (including phenoxy) is 1. The maximum atomic E-state index is 11.5. The summed E-state index contributed by atoms with van der Waals surface area (Å²) in [6.07, 6.45) is -1.35. The molecule has 0 fully saturated rings. The van der Waals surface area contributed by atoms with Crippen molar-refractivity contribution in [2.75, 3.05) is 19.4 Å². The number of aliphatic hydroxyl groups excluding tert-OH is 1. The van der Waals surface area contributed by atoms with E-state index in [4.69, 9.17) is 11.6 Å². The van der Waals surface area contributed by atoms with E-state index in [2.05, 4.69) is 10.1 Å². The van der Waals surface area contributed by atoms with Gasteiger partial charge in [0.25, 0.3) is 0 Å². The Hall–Kier alpha value is -1.24. The molecule has 0 aliphatic rings. The number of hydrogen-bond donors (Lipinski definition) is 2. The highest BCUT2D eigenvalue weighted by atomic mass is 35.5. The molecule has 1 unspecified atom stereocenters. The van der Waals surface area contributed by atoms with Crippen LogP contribution in [0.5, 0.6) is 0 Å². The van der Waals surface area contributed by atoms with Crippen LogP contribution in [0.4, 0.5) is 0 Å². The zero-order valence-corrected chi connectivity index (χ0v) is 11.8. The van der Waals surface area contributed by atoms with Gasteiger partial charge in [-0.3, -0.25) is 4.79 Å². The first kappa shape index (κ1) is 15.8. The Labute approximate surface area is 120 Å². The fraction of sp³-hybridized carbons (Fsp3) is 0.333. The van der Waals surface area contributed by atoms with E-state index in [0.29, 0.717) is 5.02 Å². The highest BCUT2D eigenvalue weighted by Gasteiger charge is 2.16. The second-order valence-corrected chi connectivity index (χ2v) is 4.99. The van der Waals surface area contributed by atoms with Gasteiger partial charge in [-0.25, -0.2) is 4.79 Å². The van der Waals surface area contributed by atoms with E-state index in [0.717, 1.165) is 4.90 Å². The molecule has 0 heterocycles. The molecule has 104 valence electrons.